The van der Waals surface area contributed by atoms with Gasteiger partial charge in [-0.2, -0.15) is 5.10 Å². The van der Waals surface area contributed by atoms with Crippen LogP contribution >= 0.6 is 27.5 Å². The molecular formula is C12H11BrClFN2O. The number of nitrogens with zero attached hydrogens (tertiary/aromatic N) is 2. The van der Waals surface area contributed by atoms with E-state index < -0.39 is 5.82 Å². The molecule has 1 atom stereocenters. The first-order chi connectivity index (χ1) is 8.68. The molecule has 6 heteroatoms. The van der Waals surface area contributed by atoms with Crippen LogP contribution in [-0.4, -0.2) is 16.4 Å². The second kappa shape index (κ2) is 4.79. The fourth-order valence-corrected chi connectivity index (χ4v) is 2.89. The molecule has 1 aliphatic heterocycles. The monoisotopic (exact) mass is 332 g/mol. The standard InChI is InChI=1S/C12H11BrClFN2O/c13-11-7-6-16-17(10-3-1-2-4-18-10)9(7)5-8(15)12(11)14/h5-6,10H,1-4H2/t10-/m0/s1. The summed E-state index contributed by atoms with van der Waals surface area (Å²) in [6, 6.07) is 1.41. The lowest BCUT2D eigenvalue weighted by Crippen LogP contribution is -2.19. The quantitative estimate of drug-likeness (QED) is 0.728. The number of hydrogen-bond acceptors (Lipinski definition) is 2. The molecule has 0 unspecified atom stereocenters. The molecule has 3 nitrogen and oxygen atoms in total. The number of ether oxygens (including phenoxy) is 1. The highest BCUT2D eigenvalue weighted by Crippen LogP contribution is 2.35. The van der Waals surface area contributed by atoms with Gasteiger partial charge in [-0.05, 0) is 35.2 Å². The summed E-state index contributed by atoms with van der Waals surface area (Å²) in [5.74, 6) is -0.450. The van der Waals surface area contributed by atoms with Gasteiger partial charge >= 0.3 is 0 Å². The van der Waals surface area contributed by atoms with E-state index in [1.165, 1.54) is 6.07 Å². The zero-order valence-corrected chi connectivity index (χ0v) is 11.8. The van der Waals surface area contributed by atoms with E-state index in [9.17, 15) is 4.39 Å². The fourth-order valence-electron chi connectivity index (χ4n) is 2.24. The zero-order chi connectivity index (χ0) is 12.7. The number of fused-ring (bicyclic) bond motifs is 1. The molecule has 0 N–H and O–H groups in total. The van der Waals surface area contributed by atoms with Crippen molar-refractivity contribution in [2.75, 3.05) is 6.61 Å². The zero-order valence-electron chi connectivity index (χ0n) is 9.50. The van der Waals surface area contributed by atoms with Crippen molar-refractivity contribution in [3.05, 3.63) is 27.6 Å². The van der Waals surface area contributed by atoms with E-state index in [0.717, 1.165) is 31.3 Å². The molecule has 2 heterocycles. The molecule has 0 saturated carbocycles. The third-order valence-corrected chi connectivity index (χ3v) is 4.59. The minimum Gasteiger partial charge on any atom is -0.356 e. The largest absolute Gasteiger partial charge is 0.356 e. The molecule has 1 saturated heterocycles. The highest BCUT2D eigenvalue weighted by atomic mass is 79.9. The van der Waals surface area contributed by atoms with Crippen molar-refractivity contribution >= 4 is 38.4 Å². The third-order valence-electron chi connectivity index (χ3n) is 3.16. The van der Waals surface area contributed by atoms with Gasteiger partial charge in [-0.3, -0.25) is 0 Å². The van der Waals surface area contributed by atoms with Crippen LogP contribution in [-0.2, 0) is 4.74 Å². The Morgan fingerprint density at radius 3 is 3.06 bits per heavy atom. The second-order valence-electron chi connectivity index (χ2n) is 4.33. The summed E-state index contributed by atoms with van der Waals surface area (Å²) >= 11 is 9.16. The van der Waals surface area contributed by atoms with E-state index in [4.69, 9.17) is 16.3 Å². The number of aromatic nitrogens is 2. The first kappa shape index (κ1) is 12.4. The van der Waals surface area contributed by atoms with Gasteiger partial charge in [0.1, 0.15) is 5.82 Å². The van der Waals surface area contributed by atoms with Gasteiger partial charge in [-0.15, -0.1) is 0 Å². The average molecular weight is 334 g/mol. The summed E-state index contributed by atoms with van der Waals surface area (Å²) in [7, 11) is 0. The van der Waals surface area contributed by atoms with Crippen LogP contribution in [0.25, 0.3) is 10.9 Å². The summed E-state index contributed by atoms with van der Waals surface area (Å²) in [4.78, 5) is 0. The van der Waals surface area contributed by atoms with Crippen molar-refractivity contribution in [2.24, 2.45) is 0 Å². The van der Waals surface area contributed by atoms with Crippen molar-refractivity contribution in [2.45, 2.75) is 25.5 Å². The third kappa shape index (κ3) is 1.94. The molecule has 1 aromatic heterocycles. The Balaban J connectivity index is 2.13. The Kier molecular flexibility index (Phi) is 3.30. The summed E-state index contributed by atoms with van der Waals surface area (Å²) in [6.07, 6.45) is 4.65. The first-order valence-corrected chi connectivity index (χ1v) is 6.98. The van der Waals surface area contributed by atoms with Gasteiger partial charge in [0.25, 0.3) is 0 Å². The summed E-state index contributed by atoms with van der Waals surface area (Å²) in [5, 5.41) is 5.19. The van der Waals surface area contributed by atoms with Gasteiger partial charge < -0.3 is 4.74 Å². The topological polar surface area (TPSA) is 27.1 Å². The predicted octanol–water partition coefficient (Wildman–Crippen LogP) is 4.29. The maximum atomic E-state index is 13.7. The van der Waals surface area contributed by atoms with E-state index in [-0.39, 0.29) is 11.3 Å². The van der Waals surface area contributed by atoms with E-state index in [2.05, 4.69) is 21.0 Å². The highest BCUT2D eigenvalue weighted by Gasteiger charge is 2.21. The van der Waals surface area contributed by atoms with E-state index in [0.29, 0.717) is 9.99 Å². The van der Waals surface area contributed by atoms with E-state index in [1.54, 1.807) is 10.9 Å². The SMILES string of the molecule is Fc1cc2c(cnn2[C@@H]2CCCCO2)c(Br)c1Cl. The van der Waals surface area contributed by atoms with Gasteiger partial charge in [0.2, 0.25) is 0 Å². The molecule has 2 aromatic rings. The predicted molar refractivity (Wildman–Crippen MR) is 71.2 cm³/mol. The summed E-state index contributed by atoms with van der Waals surface area (Å²) in [6.45, 7) is 0.725. The van der Waals surface area contributed by atoms with Crippen molar-refractivity contribution in [3.8, 4) is 0 Å². The smallest absolute Gasteiger partial charge is 0.150 e. The van der Waals surface area contributed by atoms with Gasteiger partial charge in [0.15, 0.2) is 6.23 Å². The minimum atomic E-state index is -0.450. The lowest BCUT2D eigenvalue weighted by Gasteiger charge is -2.23. The molecule has 0 aliphatic carbocycles. The van der Waals surface area contributed by atoms with Crippen LogP contribution in [0.4, 0.5) is 4.39 Å². The van der Waals surface area contributed by atoms with Crippen LogP contribution in [0.3, 0.4) is 0 Å². The number of benzene rings is 1. The summed E-state index contributed by atoms with van der Waals surface area (Å²) < 4.78 is 21.6. The Morgan fingerprint density at radius 1 is 1.50 bits per heavy atom. The van der Waals surface area contributed by atoms with Crippen LogP contribution < -0.4 is 0 Å². The molecule has 18 heavy (non-hydrogen) atoms. The highest BCUT2D eigenvalue weighted by molar-refractivity contribution is 9.10. The molecule has 96 valence electrons. The van der Waals surface area contributed by atoms with Gasteiger partial charge in [0.05, 0.1) is 21.2 Å². The molecular weight excluding hydrogens is 322 g/mol. The van der Waals surface area contributed by atoms with E-state index in [1.807, 2.05) is 0 Å². The molecule has 3 rings (SSSR count). The van der Waals surface area contributed by atoms with Gasteiger partial charge in [0, 0.05) is 18.1 Å². The Labute approximate surface area is 117 Å². The van der Waals surface area contributed by atoms with E-state index >= 15 is 0 Å². The van der Waals surface area contributed by atoms with Crippen LogP contribution in [0.1, 0.15) is 25.5 Å². The number of rotatable bonds is 1. The second-order valence-corrected chi connectivity index (χ2v) is 5.50. The summed E-state index contributed by atoms with van der Waals surface area (Å²) in [5.41, 5.74) is 0.704. The number of hydrogen-bond donors (Lipinski definition) is 0. The molecule has 0 spiro atoms. The lowest BCUT2D eigenvalue weighted by atomic mass is 10.2. The van der Waals surface area contributed by atoms with Crippen molar-refractivity contribution in [3.63, 3.8) is 0 Å². The molecule has 1 fully saturated rings. The minimum absolute atomic E-state index is 0.0895. The van der Waals surface area contributed by atoms with Crippen molar-refractivity contribution in [1.82, 2.24) is 9.78 Å². The Morgan fingerprint density at radius 2 is 2.33 bits per heavy atom. The van der Waals surface area contributed by atoms with Crippen LogP contribution in [0.5, 0.6) is 0 Å². The normalized spacial score (nSPS) is 20.5. The molecule has 0 amide bonds. The Bertz CT molecular complexity index is 595. The van der Waals surface area contributed by atoms with Crippen LogP contribution in [0.15, 0.2) is 16.7 Å². The Hall–Kier alpha value is -0.650. The molecule has 0 bridgehead atoms. The fraction of sp³-hybridized carbons (Fsp3) is 0.417. The molecule has 1 aromatic carbocycles. The maximum absolute atomic E-state index is 13.7. The maximum Gasteiger partial charge on any atom is 0.150 e. The van der Waals surface area contributed by atoms with Crippen LogP contribution in [0, 0.1) is 5.82 Å². The lowest BCUT2D eigenvalue weighted by molar-refractivity contribution is -0.0366. The molecule has 0 radical (unpaired) electrons. The first-order valence-electron chi connectivity index (χ1n) is 5.81. The molecule has 1 aliphatic rings. The van der Waals surface area contributed by atoms with Crippen LogP contribution in [0.2, 0.25) is 5.02 Å². The van der Waals surface area contributed by atoms with Gasteiger partial charge in [-0.1, -0.05) is 11.6 Å². The van der Waals surface area contributed by atoms with Crippen molar-refractivity contribution in [1.29, 1.82) is 0 Å². The van der Waals surface area contributed by atoms with Crippen molar-refractivity contribution < 1.29 is 9.13 Å². The number of halogens is 3. The van der Waals surface area contributed by atoms with Gasteiger partial charge in [-0.25, -0.2) is 9.07 Å². The average Bonchev–Trinajstić information content (AvgIpc) is 2.81.